The number of hydrogen-bond donors (Lipinski definition) is 1. The van der Waals surface area contributed by atoms with E-state index in [9.17, 15) is 4.79 Å². The number of carbonyl (C=O) groups excluding carboxylic acids is 1. The first-order chi connectivity index (χ1) is 13.0. The fraction of sp³-hybridized carbons (Fsp3) is 0.400. The number of carbonyl (C=O) groups is 1. The molecular formula is C20H25N3O3S. The quantitative estimate of drug-likeness (QED) is 0.594. The number of furan rings is 1. The minimum atomic E-state index is -0.192. The zero-order valence-corrected chi connectivity index (χ0v) is 16.9. The first-order valence-corrected chi connectivity index (χ1v) is 9.91. The highest BCUT2D eigenvalue weighted by molar-refractivity contribution is 7.99. The number of fused-ring (bicyclic) bond motifs is 1. The zero-order chi connectivity index (χ0) is 19.4. The van der Waals surface area contributed by atoms with E-state index in [1.54, 1.807) is 7.11 Å². The number of amides is 1. The summed E-state index contributed by atoms with van der Waals surface area (Å²) in [5.74, 6) is 1.00. The lowest BCUT2D eigenvalue weighted by Crippen LogP contribution is -2.28. The number of imidazole rings is 1. The summed E-state index contributed by atoms with van der Waals surface area (Å²) < 4.78 is 13.1. The van der Waals surface area contributed by atoms with E-state index in [1.807, 2.05) is 51.1 Å². The molecule has 0 aliphatic rings. The van der Waals surface area contributed by atoms with Crippen molar-refractivity contribution in [3.05, 3.63) is 47.5 Å². The van der Waals surface area contributed by atoms with Crippen LogP contribution in [0.1, 0.15) is 30.1 Å². The van der Waals surface area contributed by atoms with Crippen molar-refractivity contribution >= 4 is 28.6 Å². The summed E-state index contributed by atoms with van der Waals surface area (Å²) in [7, 11) is 1.68. The van der Waals surface area contributed by atoms with Crippen LogP contribution in [0.4, 0.5) is 0 Å². The summed E-state index contributed by atoms with van der Waals surface area (Å²) in [6.45, 7) is 7.27. The molecular weight excluding hydrogens is 362 g/mol. The van der Waals surface area contributed by atoms with E-state index in [0.29, 0.717) is 12.4 Å². The van der Waals surface area contributed by atoms with Gasteiger partial charge in [0.1, 0.15) is 11.3 Å². The van der Waals surface area contributed by atoms with Crippen LogP contribution in [-0.2, 0) is 16.1 Å². The molecule has 2 aromatic heterocycles. The molecule has 1 atom stereocenters. The number of thioether (sulfide) groups is 1. The Kier molecular flexibility index (Phi) is 6.23. The summed E-state index contributed by atoms with van der Waals surface area (Å²) >= 11 is 1.44. The summed E-state index contributed by atoms with van der Waals surface area (Å²) in [5.41, 5.74) is 2.91. The highest BCUT2D eigenvalue weighted by atomic mass is 32.2. The van der Waals surface area contributed by atoms with Crippen LogP contribution in [0.15, 0.2) is 39.9 Å². The van der Waals surface area contributed by atoms with Gasteiger partial charge in [-0.05, 0) is 32.9 Å². The molecule has 144 valence electrons. The lowest BCUT2D eigenvalue weighted by Gasteiger charge is -2.12. The van der Waals surface area contributed by atoms with E-state index in [-0.39, 0.29) is 11.9 Å². The molecule has 0 bridgehead atoms. The van der Waals surface area contributed by atoms with Gasteiger partial charge in [-0.2, -0.15) is 0 Å². The maximum Gasteiger partial charge on any atom is 0.231 e. The SMILES string of the molecule is COCCn1c(SCC(=O)NC(C)c2cc3ccccc3o2)nc(C)c1C. The smallest absolute Gasteiger partial charge is 0.231 e. The fourth-order valence-electron chi connectivity index (χ4n) is 2.88. The number of hydrogen-bond acceptors (Lipinski definition) is 5. The average molecular weight is 388 g/mol. The van der Waals surface area contributed by atoms with Gasteiger partial charge in [-0.1, -0.05) is 30.0 Å². The number of nitrogens with one attached hydrogen (secondary N) is 1. The highest BCUT2D eigenvalue weighted by Gasteiger charge is 2.16. The maximum absolute atomic E-state index is 12.4. The van der Waals surface area contributed by atoms with Gasteiger partial charge in [0.05, 0.1) is 24.1 Å². The molecule has 1 unspecified atom stereocenters. The number of para-hydroxylation sites is 1. The molecule has 27 heavy (non-hydrogen) atoms. The van der Waals surface area contributed by atoms with E-state index < -0.39 is 0 Å². The largest absolute Gasteiger partial charge is 0.459 e. The molecule has 6 nitrogen and oxygen atoms in total. The zero-order valence-electron chi connectivity index (χ0n) is 16.1. The number of aryl methyl sites for hydroxylation is 1. The van der Waals surface area contributed by atoms with Crippen molar-refractivity contribution in [1.82, 2.24) is 14.9 Å². The van der Waals surface area contributed by atoms with Gasteiger partial charge in [-0.3, -0.25) is 4.79 Å². The van der Waals surface area contributed by atoms with Crippen LogP contribution >= 0.6 is 11.8 Å². The number of nitrogens with zero attached hydrogens (tertiary/aromatic N) is 2. The molecule has 2 heterocycles. The molecule has 0 aliphatic carbocycles. The molecule has 1 amide bonds. The number of methoxy groups -OCH3 is 1. The third kappa shape index (κ3) is 4.54. The molecule has 7 heteroatoms. The van der Waals surface area contributed by atoms with E-state index in [2.05, 4.69) is 14.9 Å². The number of benzene rings is 1. The van der Waals surface area contributed by atoms with Crippen molar-refractivity contribution < 1.29 is 13.9 Å². The lowest BCUT2D eigenvalue weighted by atomic mass is 10.2. The molecule has 0 spiro atoms. The Hall–Kier alpha value is -2.25. The predicted octanol–water partition coefficient (Wildman–Crippen LogP) is 3.86. The molecule has 3 rings (SSSR count). The van der Waals surface area contributed by atoms with E-state index in [0.717, 1.165) is 39.8 Å². The summed E-state index contributed by atoms with van der Waals surface area (Å²) in [6, 6.07) is 9.60. The van der Waals surface area contributed by atoms with Gasteiger partial charge in [0.15, 0.2) is 5.16 Å². The monoisotopic (exact) mass is 387 g/mol. The molecule has 0 aliphatic heterocycles. The number of aromatic nitrogens is 2. The van der Waals surface area contributed by atoms with Crippen molar-refractivity contribution in [3.8, 4) is 0 Å². The summed E-state index contributed by atoms with van der Waals surface area (Å²) in [5, 5.41) is 4.87. The molecule has 1 aromatic carbocycles. The Morgan fingerprint density at radius 3 is 2.89 bits per heavy atom. The van der Waals surface area contributed by atoms with Crippen LogP contribution < -0.4 is 5.32 Å². The number of rotatable bonds is 8. The van der Waals surface area contributed by atoms with Gasteiger partial charge in [-0.25, -0.2) is 4.98 Å². The third-order valence-corrected chi connectivity index (χ3v) is 5.50. The summed E-state index contributed by atoms with van der Waals surface area (Å²) in [6.07, 6.45) is 0. The minimum Gasteiger partial charge on any atom is -0.459 e. The average Bonchev–Trinajstić information content (AvgIpc) is 3.20. The molecule has 3 aromatic rings. The molecule has 0 radical (unpaired) electrons. The van der Waals surface area contributed by atoms with Crippen LogP contribution in [0, 0.1) is 13.8 Å². The second-order valence-corrected chi connectivity index (χ2v) is 7.42. The Labute approximate surface area is 163 Å². The molecule has 0 fully saturated rings. The van der Waals surface area contributed by atoms with Gasteiger partial charge in [-0.15, -0.1) is 0 Å². The van der Waals surface area contributed by atoms with Crippen molar-refractivity contribution in [2.45, 2.75) is 38.5 Å². The van der Waals surface area contributed by atoms with E-state index in [4.69, 9.17) is 9.15 Å². The van der Waals surface area contributed by atoms with Crippen molar-refractivity contribution in [2.24, 2.45) is 0 Å². The van der Waals surface area contributed by atoms with Gasteiger partial charge in [0, 0.05) is 24.7 Å². The third-order valence-electron chi connectivity index (χ3n) is 4.52. The standard InChI is InChI=1S/C20H25N3O3S/c1-13-15(3)23(9-10-25-4)20(22-13)27-12-19(24)21-14(2)18-11-16-7-5-6-8-17(16)26-18/h5-8,11,14H,9-10,12H2,1-4H3,(H,21,24). The second kappa shape index (κ2) is 8.63. The van der Waals surface area contributed by atoms with Crippen LogP contribution in [0.25, 0.3) is 11.0 Å². The normalized spacial score (nSPS) is 12.4. The van der Waals surface area contributed by atoms with Gasteiger partial charge in [0.25, 0.3) is 0 Å². The van der Waals surface area contributed by atoms with E-state index in [1.165, 1.54) is 11.8 Å². The van der Waals surface area contributed by atoms with Crippen molar-refractivity contribution in [3.63, 3.8) is 0 Å². The first kappa shape index (κ1) is 19.5. The van der Waals surface area contributed by atoms with Gasteiger partial charge < -0.3 is 19.0 Å². The predicted molar refractivity (Wildman–Crippen MR) is 107 cm³/mol. The Bertz CT molecular complexity index is 899. The topological polar surface area (TPSA) is 69.3 Å². The van der Waals surface area contributed by atoms with Crippen LogP contribution in [0.5, 0.6) is 0 Å². The second-order valence-electron chi connectivity index (χ2n) is 6.47. The molecule has 1 N–H and O–H groups in total. The Morgan fingerprint density at radius 2 is 2.15 bits per heavy atom. The van der Waals surface area contributed by atoms with Gasteiger partial charge in [0.2, 0.25) is 5.91 Å². The Morgan fingerprint density at radius 1 is 1.37 bits per heavy atom. The number of ether oxygens (including phenoxy) is 1. The maximum atomic E-state index is 12.4. The van der Waals surface area contributed by atoms with Crippen molar-refractivity contribution in [2.75, 3.05) is 19.5 Å². The van der Waals surface area contributed by atoms with Crippen molar-refractivity contribution in [1.29, 1.82) is 0 Å². The minimum absolute atomic E-state index is 0.0513. The first-order valence-electron chi connectivity index (χ1n) is 8.93. The van der Waals surface area contributed by atoms with E-state index >= 15 is 0 Å². The van der Waals surface area contributed by atoms with Gasteiger partial charge >= 0.3 is 0 Å². The molecule has 0 saturated carbocycles. The van der Waals surface area contributed by atoms with Crippen LogP contribution in [0.2, 0.25) is 0 Å². The lowest BCUT2D eigenvalue weighted by molar-refractivity contribution is -0.119. The van der Waals surface area contributed by atoms with Crippen LogP contribution in [0.3, 0.4) is 0 Å². The fourth-order valence-corrected chi connectivity index (χ4v) is 3.81. The molecule has 0 saturated heterocycles. The Balaban J connectivity index is 1.60. The van der Waals surface area contributed by atoms with Crippen LogP contribution in [-0.4, -0.2) is 34.9 Å². The summed E-state index contributed by atoms with van der Waals surface area (Å²) in [4.78, 5) is 17.0. The highest BCUT2D eigenvalue weighted by Crippen LogP contribution is 2.24.